The lowest BCUT2D eigenvalue weighted by molar-refractivity contribution is -0.0162. The number of para-hydroxylation sites is 1. The molecule has 1 aliphatic rings. The molecule has 0 bridgehead atoms. The Hall–Kier alpha value is -3.62. The molecule has 4 aromatic rings. The number of fused-ring (bicyclic) bond motifs is 1. The number of pyridine rings is 1. The topological polar surface area (TPSA) is 87.6 Å². The Labute approximate surface area is 215 Å². The largest absolute Gasteiger partial charge is 0.389 e. The minimum absolute atomic E-state index is 0.0430. The van der Waals surface area contributed by atoms with E-state index in [0.717, 1.165) is 11.8 Å². The third-order valence-corrected chi connectivity index (χ3v) is 8.60. The van der Waals surface area contributed by atoms with E-state index in [4.69, 9.17) is 0 Å². The van der Waals surface area contributed by atoms with Gasteiger partial charge in [-0.3, -0.25) is 9.78 Å². The molecule has 2 heterocycles. The van der Waals surface area contributed by atoms with Gasteiger partial charge in [-0.1, -0.05) is 54.6 Å². The van der Waals surface area contributed by atoms with Gasteiger partial charge in [-0.2, -0.15) is 0 Å². The predicted molar refractivity (Wildman–Crippen MR) is 139 cm³/mol. The minimum Gasteiger partial charge on any atom is -0.389 e. The van der Waals surface area contributed by atoms with Crippen molar-refractivity contribution in [3.63, 3.8) is 0 Å². The molecule has 190 valence electrons. The Balaban J connectivity index is 1.24. The van der Waals surface area contributed by atoms with Crippen molar-refractivity contribution in [1.82, 2.24) is 9.88 Å². The molecule has 5 rings (SSSR count). The van der Waals surface area contributed by atoms with Crippen LogP contribution in [0.15, 0.2) is 90.0 Å². The number of hydrogen-bond acceptors (Lipinski definition) is 5. The molecule has 1 aliphatic heterocycles. The number of aromatic nitrogens is 1. The highest BCUT2D eigenvalue weighted by Gasteiger charge is 2.34. The first-order chi connectivity index (χ1) is 17.7. The number of amides is 1. The van der Waals surface area contributed by atoms with Crippen LogP contribution in [0.5, 0.6) is 0 Å². The molecule has 1 N–H and O–H groups in total. The smallest absolute Gasteiger partial charge is 0.253 e. The van der Waals surface area contributed by atoms with Crippen LogP contribution in [-0.2, 0) is 22.0 Å². The second-order valence-corrected chi connectivity index (χ2v) is 11.6. The zero-order valence-corrected chi connectivity index (χ0v) is 21.0. The Morgan fingerprint density at radius 1 is 0.946 bits per heavy atom. The molecule has 1 saturated heterocycles. The third kappa shape index (κ3) is 5.55. The summed E-state index contributed by atoms with van der Waals surface area (Å²) in [6.45, 7) is 0.903. The average Bonchev–Trinajstić information content (AvgIpc) is 2.89. The summed E-state index contributed by atoms with van der Waals surface area (Å²) in [7, 11) is -3.75. The molecule has 37 heavy (non-hydrogen) atoms. The zero-order chi connectivity index (χ0) is 26.0. The fourth-order valence-corrected chi connectivity index (χ4v) is 6.40. The van der Waals surface area contributed by atoms with Gasteiger partial charge >= 0.3 is 0 Å². The molecular formula is C29H27FN2O4S. The maximum Gasteiger partial charge on any atom is 0.253 e. The summed E-state index contributed by atoms with van der Waals surface area (Å²) in [5.74, 6) is -0.941. The van der Waals surface area contributed by atoms with E-state index in [9.17, 15) is 22.7 Å². The average molecular weight is 519 g/mol. The summed E-state index contributed by atoms with van der Waals surface area (Å²) >= 11 is 0. The molecule has 3 aromatic carbocycles. The van der Waals surface area contributed by atoms with E-state index >= 15 is 0 Å². The molecule has 0 unspecified atom stereocenters. The van der Waals surface area contributed by atoms with Crippen molar-refractivity contribution in [1.29, 1.82) is 0 Å². The van der Waals surface area contributed by atoms with Gasteiger partial charge in [0, 0.05) is 30.5 Å². The maximum atomic E-state index is 13.5. The van der Waals surface area contributed by atoms with E-state index in [1.54, 1.807) is 41.3 Å². The van der Waals surface area contributed by atoms with Crippen LogP contribution in [0, 0.1) is 5.82 Å². The van der Waals surface area contributed by atoms with Gasteiger partial charge in [-0.05, 0) is 48.2 Å². The number of carbonyl (C=O) groups is 1. The first kappa shape index (κ1) is 25.0. The van der Waals surface area contributed by atoms with E-state index < -0.39 is 21.3 Å². The number of piperidine rings is 1. The molecule has 0 aliphatic carbocycles. The second-order valence-electron chi connectivity index (χ2n) is 9.62. The fraction of sp³-hybridized carbons (Fsp3) is 0.241. The van der Waals surface area contributed by atoms with Gasteiger partial charge in [0.2, 0.25) is 0 Å². The zero-order valence-electron chi connectivity index (χ0n) is 20.2. The van der Waals surface area contributed by atoms with Crippen LogP contribution in [-0.4, -0.2) is 48.0 Å². The predicted octanol–water partition coefficient (Wildman–Crippen LogP) is 4.56. The third-order valence-electron chi connectivity index (χ3n) is 6.89. The van der Waals surface area contributed by atoms with Gasteiger partial charge < -0.3 is 10.0 Å². The number of carbonyl (C=O) groups excluding carboxylic acids is 1. The molecular weight excluding hydrogens is 491 g/mol. The van der Waals surface area contributed by atoms with Crippen LogP contribution in [0.3, 0.4) is 0 Å². The molecule has 0 saturated carbocycles. The van der Waals surface area contributed by atoms with E-state index in [1.165, 1.54) is 12.1 Å². The van der Waals surface area contributed by atoms with Crippen molar-refractivity contribution >= 4 is 26.6 Å². The molecule has 6 nitrogen and oxygen atoms in total. The van der Waals surface area contributed by atoms with Crippen molar-refractivity contribution in [2.75, 3.05) is 13.1 Å². The van der Waals surface area contributed by atoms with Gasteiger partial charge in [0.25, 0.3) is 5.91 Å². The molecule has 0 atom stereocenters. The summed E-state index contributed by atoms with van der Waals surface area (Å²) in [6.07, 6.45) is 2.55. The number of aliphatic hydroxyl groups is 1. The summed E-state index contributed by atoms with van der Waals surface area (Å²) in [5.41, 5.74) is 1.47. The van der Waals surface area contributed by atoms with Crippen molar-refractivity contribution < 1.29 is 22.7 Å². The molecule has 1 fully saturated rings. The monoisotopic (exact) mass is 518 g/mol. The summed E-state index contributed by atoms with van der Waals surface area (Å²) < 4.78 is 39.8. The number of likely N-dealkylation sites (tertiary alicyclic amines) is 1. The van der Waals surface area contributed by atoms with Crippen molar-refractivity contribution in [2.24, 2.45) is 0 Å². The van der Waals surface area contributed by atoms with Crippen molar-refractivity contribution in [3.05, 3.63) is 108 Å². The fourth-order valence-electron chi connectivity index (χ4n) is 4.86. The number of sulfone groups is 1. The number of benzene rings is 3. The van der Waals surface area contributed by atoms with Crippen LogP contribution >= 0.6 is 0 Å². The van der Waals surface area contributed by atoms with Crippen LogP contribution in [0.4, 0.5) is 4.39 Å². The first-order valence-electron chi connectivity index (χ1n) is 12.1. The van der Waals surface area contributed by atoms with Gasteiger partial charge in [0.15, 0.2) is 9.84 Å². The van der Waals surface area contributed by atoms with Crippen LogP contribution in [0.25, 0.3) is 10.9 Å². The van der Waals surface area contributed by atoms with Crippen LogP contribution in [0.1, 0.15) is 34.3 Å². The highest BCUT2D eigenvalue weighted by molar-refractivity contribution is 7.90. The van der Waals surface area contributed by atoms with Gasteiger partial charge in [0.05, 0.1) is 28.0 Å². The Bertz CT molecular complexity index is 1530. The van der Waals surface area contributed by atoms with E-state index in [-0.39, 0.29) is 22.1 Å². The van der Waals surface area contributed by atoms with Gasteiger partial charge in [-0.15, -0.1) is 0 Å². The first-order valence-corrected chi connectivity index (χ1v) is 13.8. The van der Waals surface area contributed by atoms with E-state index in [2.05, 4.69) is 4.98 Å². The van der Waals surface area contributed by atoms with Gasteiger partial charge in [-0.25, -0.2) is 12.8 Å². The highest BCUT2D eigenvalue weighted by Crippen LogP contribution is 2.28. The molecule has 8 heteroatoms. The second kappa shape index (κ2) is 10.0. The number of hydrogen-bond donors (Lipinski definition) is 1. The summed E-state index contributed by atoms with van der Waals surface area (Å²) in [4.78, 5) is 18.8. The number of nitrogens with zero attached hydrogens (tertiary/aromatic N) is 2. The van der Waals surface area contributed by atoms with Gasteiger partial charge in [0.1, 0.15) is 5.82 Å². The number of halogens is 1. The van der Waals surface area contributed by atoms with Crippen LogP contribution in [0.2, 0.25) is 0 Å². The maximum absolute atomic E-state index is 13.5. The molecule has 1 amide bonds. The molecule has 1 aromatic heterocycles. The lowest BCUT2D eigenvalue weighted by atomic mass is 9.85. The van der Waals surface area contributed by atoms with Crippen LogP contribution < -0.4 is 0 Å². The lowest BCUT2D eigenvalue weighted by Gasteiger charge is -2.38. The van der Waals surface area contributed by atoms with E-state index in [0.29, 0.717) is 48.9 Å². The highest BCUT2D eigenvalue weighted by atomic mass is 32.2. The number of rotatable bonds is 6. The minimum atomic E-state index is -3.75. The lowest BCUT2D eigenvalue weighted by Crippen LogP contribution is -2.47. The Morgan fingerprint density at radius 3 is 2.35 bits per heavy atom. The Kier molecular flexibility index (Phi) is 6.79. The van der Waals surface area contributed by atoms with Crippen molar-refractivity contribution in [2.45, 2.75) is 35.5 Å². The Morgan fingerprint density at radius 2 is 1.65 bits per heavy atom. The van der Waals surface area contributed by atoms with E-state index in [1.807, 2.05) is 30.3 Å². The van der Waals surface area contributed by atoms with Crippen molar-refractivity contribution in [3.8, 4) is 0 Å². The molecule has 0 spiro atoms. The SMILES string of the molecule is O=C(c1ccc(CS(=O)(=O)c2cccc3cc(F)cnc23)cc1)N1CCC(O)(Cc2ccccc2)CC1. The summed E-state index contributed by atoms with van der Waals surface area (Å²) in [5, 5.41) is 11.4. The standard InChI is InChI=1S/C29H27FN2O4S/c30-25-17-24-7-4-8-26(27(24)31-19-25)37(35,36)20-22-9-11-23(12-10-22)28(33)32-15-13-29(34,14-16-32)18-21-5-2-1-3-6-21/h1-12,17,19,34H,13-16,18,20H2. The normalized spacial score (nSPS) is 15.6. The summed E-state index contributed by atoms with van der Waals surface area (Å²) in [6, 6.07) is 22.3. The quantitative estimate of drug-likeness (QED) is 0.404. The molecule has 0 radical (unpaired) electrons.